The van der Waals surface area contributed by atoms with Gasteiger partial charge in [-0.15, -0.1) is 0 Å². The Morgan fingerprint density at radius 3 is 1.25 bits per heavy atom. The number of aromatic nitrogens is 2. The first-order chi connectivity index (χ1) is 19.5. The number of hydrogen-bond donors (Lipinski definition) is 0. The van der Waals surface area contributed by atoms with Gasteiger partial charge in [-0.05, 0) is 58.7 Å². The summed E-state index contributed by atoms with van der Waals surface area (Å²) in [5, 5.41) is 0. The van der Waals surface area contributed by atoms with Gasteiger partial charge in [0, 0.05) is 87.8 Å². The van der Waals surface area contributed by atoms with Crippen molar-refractivity contribution in [2.24, 2.45) is 0 Å². The van der Waals surface area contributed by atoms with Crippen LogP contribution in [0.4, 0.5) is 11.4 Å². The van der Waals surface area contributed by atoms with E-state index in [2.05, 4.69) is 144 Å². The lowest BCUT2D eigenvalue weighted by molar-refractivity contribution is -0.688. The Morgan fingerprint density at radius 2 is 0.875 bits per heavy atom. The molecule has 4 heterocycles. The Kier molecular flexibility index (Phi) is 5.92. The van der Waals surface area contributed by atoms with Crippen molar-refractivity contribution in [1.29, 1.82) is 0 Å². The molecule has 2 aromatic heterocycles. The van der Waals surface area contributed by atoms with Gasteiger partial charge in [0.1, 0.15) is 0 Å². The Hall–Kier alpha value is -4.44. The molecule has 198 valence electrons. The van der Waals surface area contributed by atoms with E-state index in [1.807, 2.05) is 0 Å². The molecule has 2 aliphatic rings. The standard InChI is InChI=1S/C36H36N4/c1-37(2)27-15-11-25(12-16-27)33-34(26-13-17-28(18-14-26)38(3)4)36-30(20-24-40-22-8-6-10-32(36)40)29-19-23-39-21-7-5-9-31(39)35(29)33/h5-18,21-22H,19-20,23-24H2,1-4H3/q+2. The molecule has 2 aliphatic heterocycles. The molecule has 0 radical (unpaired) electrons. The molecule has 4 heteroatoms. The maximum absolute atomic E-state index is 2.44. The van der Waals surface area contributed by atoms with Crippen LogP contribution in [-0.4, -0.2) is 28.2 Å². The average molecular weight is 525 g/mol. The van der Waals surface area contributed by atoms with Crippen LogP contribution < -0.4 is 18.9 Å². The van der Waals surface area contributed by atoms with Crippen LogP contribution in [0.15, 0.2) is 97.3 Å². The van der Waals surface area contributed by atoms with Crippen LogP contribution >= 0.6 is 0 Å². The van der Waals surface area contributed by atoms with Gasteiger partial charge in [0.2, 0.25) is 11.4 Å². The van der Waals surface area contributed by atoms with Gasteiger partial charge in [-0.25, -0.2) is 0 Å². The van der Waals surface area contributed by atoms with E-state index in [1.54, 1.807) is 0 Å². The third kappa shape index (κ3) is 3.90. The number of nitrogens with zero attached hydrogens (tertiary/aromatic N) is 4. The highest BCUT2D eigenvalue weighted by Crippen LogP contribution is 2.50. The minimum Gasteiger partial charge on any atom is -0.378 e. The molecule has 0 saturated heterocycles. The third-order valence-electron chi connectivity index (χ3n) is 8.66. The van der Waals surface area contributed by atoms with Crippen molar-refractivity contribution in [2.75, 3.05) is 38.0 Å². The second-order valence-electron chi connectivity index (χ2n) is 11.4. The second kappa shape index (κ2) is 9.63. The number of aryl methyl sites for hydroxylation is 2. The van der Waals surface area contributed by atoms with Crippen molar-refractivity contribution >= 4 is 11.4 Å². The molecule has 0 saturated carbocycles. The zero-order valence-corrected chi connectivity index (χ0v) is 23.9. The molecule has 0 unspecified atom stereocenters. The number of anilines is 2. The van der Waals surface area contributed by atoms with E-state index >= 15 is 0 Å². The van der Waals surface area contributed by atoms with Gasteiger partial charge in [-0.2, -0.15) is 9.13 Å². The molecule has 0 aliphatic carbocycles. The van der Waals surface area contributed by atoms with Gasteiger partial charge in [0.25, 0.3) is 0 Å². The second-order valence-corrected chi connectivity index (χ2v) is 11.4. The maximum Gasteiger partial charge on any atom is 0.213 e. The van der Waals surface area contributed by atoms with E-state index in [1.165, 1.54) is 67.3 Å². The van der Waals surface area contributed by atoms with Crippen LogP contribution in [0, 0.1) is 0 Å². The fraction of sp³-hybridized carbons (Fsp3) is 0.222. The van der Waals surface area contributed by atoms with Crippen molar-refractivity contribution in [3.8, 4) is 44.8 Å². The van der Waals surface area contributed by atoms with Crippen molar-refractivity contribution in [2.45, 2.75) is 25.9 Å². The van der Waals surface area contributed by atoms with Crippen molar-refractivity contribution < 1.29 is 9.13 Å². The van der Waals surface area contributed by atoms with Crippen LogP contribution in [-0.2, 0) is 25.9 Å². The number of hydrogen-bond acceptors (Lipinski definition) is 2. The molecule has 0 atom stereocenters. The minimum atomic E-state index is 1.01. The average Bonchev–Trinajstić information content (AvgIpc) is 3.00. The molecule has 3 aromatic carbocycles. The normalized spacial score (nSPS) is 13.1. The number of rotatable bonds is 4. The summed E-state index contributed by atoms with van der Waals surface area (Å²) in [6, 6.07) is 31.6. The molecule has 4 nitrogen and oxygen atoms in total. The Morgan fingerprint density at radius 1 is 0.475 bits per heavy atom. The summed E-state index contributed by atoms with van der Waals surface area (Å²) in [7, 11) is 8.42. The summed E-state index contributed by atoms with van der Waals surface area (Å²) in [6.45, 7) is 2.03. The maximum atomic E-state index is 2.44. The summed E-state index contributed by atoms with van der Waals surface area (Å²) in [5.41, 5.74) is 16.1. The van der Waals surface area contributed by atoms with Gasteiger partial charge in [-0.3, -0.25) is 0 Å². The Labute approximate surface area is 237 Å². The zero-order valence-electron chi connectivity index (χ0n) is 23.9. The van der Waals surface area contributed by atoms with Crippen molar-refractivity contribution in [3.63, 3.8) is 0 Å². The molecule has 5 aromatic rings. The van der Waals surface area contributed by atoms with Crippen LogP contribution in [0.3, 0.4) is 0 Å². The fourth-order valence-electron chi connectivity index (χ4n) is 6.66. The Bertz CT molecular complexity index is 1600. The van der Waals surface area contributed by atoms with E-state index in [-0.39, 0.29) is 0 Å². The summed E-state index contributed by atoms with van der Waals surface area (Å²) in [4.78, 5) is 4.34. The molecule has 0 amide bonds. The topological polar surface area (TPSA) is 14.2 Å². The SMILES string of the molecule is CN(C)c1ccc(-c2c3c(c4c(c2-c2ccc(N(C)C)cc2)-c2cccc[n+]2CC4)CC[n+]2ccccc2-3)cc1. The highest BCUT2D eigenvalue weighted by atomic mass is 15.1. The van der Waals surface area contributed by atoms with E-state index in [0.717, 1.165) is 25.9 Å². The zero-order chi connectivity index (χ0) is 27.4. The third-order valence-corrected chi connectivity index (χ3v) is 8.66. The molecule has 0 fully saturated rings. The van der Waals surface area contributed by atoms with Crippen LogP contribution in [0.1, 0.15) is 11.1 Å². The fourth-order valence-corrected chi connectivity index (χ4v) is 6.66. The predicted octanol–water partition coefficient (Wildman–Crippen LogP) is 6.17. The van der Waals surface area contributed by atoms with Gasteiger partial charge in [-0.1, -0.05) is 24.3 Å². The van der Waals surface area contributed by atoms with E-state index in [9.17, 15) is 0 Å². The number of benzene rings is 3. The van der Waals surface area contributed by atoms with Crippen molar-refractivity contribution in [1.82, 2.24) is 0 Å². The Balaban J connectivity index is 1.64. The molecule has 40 heavy (non-hydrogen) atoms. The summed E-state index contributed by atoms with van der Waals surface area (Å²) in [5.74, 6) is 0. The van der Waals surface area contributed by atoms with Gasteiger partial charge in [0.15, 0.2) is 25.5 Å². The molecule has 0 bridgehead atoms. The number of fused-ring (bicyclic) bond motifs is 7. The van der Waals surface area contributed by atoms with E-state index < -0.39 is 0 Å². The lowest BCUT2D eigenvalue weighted by Crippen LogP contribution is -2.43. The van der Waals surface area contributed by atoms with E-state index in [0.29, 0.717) is 0 Å². The van der Waals surface area contributed by atoms with Crippen LogP contribution in [0.25, 0.3) is 44.8 Å². The first-order valence-corrected chi connectivity index (χ1v) is 14.3. The summed E-state index contributed by atoms with van der Waals surface area (Å²) in [6.07, 6.45) is 6.59. The summed E-state index contributed by atoms with van der Waals surface area (Å²) >= 11 is 0. The first kappa shape index (κ1) is 24.6. The number of pyridine rings is 2. The molecular formula is C36H36N4+2. The van der Waals surface area contributed by atoms with Crippen LogP contribution in [0.2, 0.25) is 0 Å². The monoisotopic (exact) mass is 524 g/mol. The van der Waals surface area contributed by atoms with Gasteiger partial charge >= 0.3 is 0 Å². The highest BCUT2D eigenvalue weighted by Gasteiger charge is 2.37. The van der Waals surface area contributed by atoms with Gasteiger partial charge < -0.3 is 9.80 Å². The lowest BCUT2D eigenvalue weighted by Gasteiger charge is -2.29. The summed E-state index contributed by atoms with van der Waals surface area (Å²) < 4.78 is 4.88. The predicted molar refractivity (Wildman–Crippen MR) is 165 cm³/mol. The van der Waals surface area contributed by atoms with Crippen LogP contribution in [0.5, 0.6) is 0 Å². The molecular weight excluding hydrogens is 488 g/mol. The highest BCUT2D eigenvalue weighted by molar-refractivity contribution is 6.03. The largest absolute Gasteiger partial charge is 0.378 e. The molecule has 0 N–H and O–H groups in total. The molecule has 0 spiro atoms. The van der Waals surface area contributed by atoms with Crippen molar-refractivity contribution in [3.05, 3.63) is 108 Å². The van der Waals surface area contributed by atoms with Gasteiger partial charge in [0.05, 0.1) is 11.1 Å². The first-order valence-electron chi connectivity index (χ1n) is 14.3. The quantitative estimate of drug-likeness (QED) is 0.261. The minimum absolute atomic E-state index is 1.01. The van der Waals surface area contributed by atoms with E-state index in [4.69, 9.17) is 0 Å². The smallest absolute Gasteiger partial charge is 0.213 e. The lowest BCUT2D eigenvalue weighted by atomic mass is 9.75. The molecule has 7 rings (SSSR count).